The van der Waals surface area contributed by atoms with Crippen LogP contribution in [-0.4, -0.2) is 17.4 Å². The van der Waals surface area contributed by atoms with E-state index in [1.165, 1.54) is 0 Å². The molecule has 2 aromatic rings. The second-order valence-corrected chi connectivity index (χ2v) is 8.69. The summed E-state index contributed by atoms with van der Waals surface area (Å²) in [5.41, 5.74) is 1.40. The number of carbonyl (C=O) groups excluding carboxylic acids is 2. The quantitative estimate of drug-likeness (QED) is 0.446. The van der Waals surface area contributed by atoms with E-state index >= 15 is 0 Å². The Morgan fingerprint density at radius 1 is 1.12 bits per heavy atom. The Morgan fingerprint density at radius 3 is 2.27 bits per heavy atom. The third kappa shape index (κ3) is 5.71. The molecule has 1 N–H and O–H groups in total. The monoisotopic (exact) mass is 485 g/mol. The van der Waals surface area contributed by atoms with Crippen molar-refractivity contribution in [1.29, 1.82) is 0 Å². The van der Waals surface area contributed by atoms with Crippen LogP contribution >= 0.6 is 34.2 Å². The molecule has 6 heteroatoms. The molecule has 1 atom stereocenters. The number of rotatable bonds is 4. The number of carbonyl (C=O) groups is 2. The molecule has 1 unspecified atom stereocenters. The lowest BCUT2D eigenvalue weighted by molar-refractivity contribution is 0.0607. The third-order valence-corrected chi connectivity index (χ3v) is 4.70. The van der Waals surface area contributed by atoms with E-state index in [9.17, 15) is 9.59 Å². The van der Waals surface area contributed by atoms with Gasteiger partial charge in [0.05, 0.1) is 0 Å². The molecule has 138 valence electrons. The van der Waals surface area contributed by atoms with Gasteiger partial charge in [-0.2, -0.15) is 0 Å². The molecule has 0 bridgehead atoms. The minimum atomic E-state index is -1.05. The van der Waals surface area contributed by atoms with Gasteiger partial charge >= 0.3 is 6.09 Å². The fourth-order valence-corrected chi connectivity index (χ4v) is 2.79. The van der Waals surface area contributed by atoms with E-state index in [1.54, 1.807) is 30.3 Å². The highest BCUT2D eigenvalue weighted by molar-refractivity contribution is 14.1. The van der Waals surface area contributed by atoms with Gasteiger partial charge in [-0.25, -0.2) is 4.79 Å². The Labute approximate surface area is 172 Å². The predicted octanol–water partition coefficient (Wildman–Crippen LogP) is 5.70. The fraction of sp³-hybridized carbons (Fsp3) is 0.300. The van der Waals surface area contributed by atoms with Gasteiger partial charge in [0.25, 0.3) is 0 Å². The summed E-state index contributed by atoms with van der Waals surface area (Å²) in [7, 11) is 0. The summed E-state index contributed by atoms with van der Waals surface area (Å²) in [6, 6.07) is 12.3. The number of amides is 1. The maximum atomic E-state index is 13.0. The van der Waals surface area contributed by atoms with E-state index in [0.29, 0.717) is 16.1 Å². The second kappa shape index (κ2) is 8.39. The molecule has 0 aliphatic carbocycles. The number of nitrogens with one attached hydrogen (secondary N) is 1. The second-order valence-electron chi connectivity index (χ2n) is 7.04. The molecule has 26 heavy (non-hydrogen) atoms. The van der Waals surface area contributed by atoms with Crippen molar-refractivity contribution in [1.82, 2.24) is 5.32 Å². The van der Waals surface area contributed by atoms with Crippen molar-refractivity contribution in [2.24, 2.45) is 0 Å². The zero-order valence-electron chi connectivity index (χ0n) is 15.1. The van der Waals surface area contributed by atoms with Crippen LogP contribution in [0.2, 0.25) is 5.02 Å². The molecule has 2 rings (SSSR count). The van der Waals surface area contributed by atoms with E-state index in [4.69, 9.17) is 16.3 Å². The SMILES string of the molecule is Cc1cc(C(OC(=O)NC(C)(C)C)C(=O)c2ccc(I)cc2)ccc1Cl. The van der Waals surface area contributed by atoms with Gasteiger partial charge in [0, 0.05) is 25.3 Å². The van der Waals surface area contributed by atoms with Gasteiger partial charge in [-0.05, 0) is 74.0 Å². The number of hydrogen-bond donors (Lipinski definition) is 1. The van der Waals surface area contributed by atoms with Crippen LogP contribution in [-0.2, 0) is 4.74 Å². The lowest BCUT2D eigenvalue weighted by Crippen LogP contribution is -2.42. The summed E-state index contributed by atoms with van der Waals surface area (Å²) < 4.78 is 6.53. The van der Waals surface area contributed by atoms with Gasteiger partial charge in [-0.1, -0.05) is 35.9 Å². The van der Waals surface area contributed by atoms with Crippen molar-refractivity contribution >= 4 is 46.1 Å². The van der Waals surface area contributed by atoms with Crippen LogP contribution < -0.4 is 5.32 Å². The van der Waals surface area contributed by atoms with Gasteiger partial charge in [0.15, 0.2) is 6.10 Å². The third-order valence-electron chi connectivity index (χ3n) is 3.55. The first kappa shape index (κ1) is 20.7. The molecule has 0 spiro atoms. The van der Waals surface area contributed by atoms with Crippen molar-refractivity contribution in [2.75, 3.05) is 0 Å². The summed E-state index contributed by atoms with van der Waals surface area (Å²) in [6.07, 6.45) is -1.69. The molecule has 0 heterocycles. The Morgan fingerprint density at radius 2 is 1.73 bits per heavy atom. The zero-order valence-corrected chi connectivity index (χ0v) is 18.0. The van der Waals surface area contributed by atoms with Crippen molar-refractivity contribution in [3.8, 4) is 0 Å². The zero-order chi connectivity index (χ0) is 19.5. The van der Waals surface area contributed by atoms with Crippen LogP contribution in [0.1, 0.15) is 48.4 Å². The van der Waals surface area contributed by atoms with Crippen molar-refractivity contribution < 1.29 is 14.3 Å². The normalized spacial score (nSPS) is 12.4. The topological polar surface area (TPSA) is 55.4 Å². The lowest BCUT2D eigenvalue weighted by Gasteiger charge is -2.23. The number of hydrogen-bond acceptors (Lipinski definition) is 3. The molecule has 0 aromatic heterocycles. The van der Waals surface area contributed by atoms with Crippen molar-refractivity contribution in [3.05, 3.63) is 67.7 Å². The van der Waals surface area contributed by atoms with Gasteiger partial charge in [0.1, 0.15) is 0 Å². The average Bonchev–Trinajstić information content (AvgIpc) is 2.54. The molecular weight excluding hydrogens is 465 g/mol. The molecule has 0 aliphatic rings. The summed E-state index contributed by atoms with van der Waals surface area (Å²) in [6.45, 7) is 7.37. The molecule has 0 saturated heterocycles. The first-order valence-electron chi connectivity index (χ1n) is 8.11. The van der Waals surface area contributed by atoms with Gasteiger partial charge in [-0.3, -0.25) is 4.79 Å². The standard InChI is InChI=1S/C20H21ClINO3/c1-12-11-14(7-10-16(12)21)18(26-19(25)23-20(2,3)4)17(24)13-5-8-15(22)9-6-13/h5-11,18H,1-4H3,(H,23,25). The molecule has 0 radical (unpaired) electrons. The first-order chi connectivity index (χ1) is 12.1. The van der Waals surface area contributed by atoms with Gasteiger partial charge in [0.2, 0.25) is 5.78 Å². The maximum absolute atomic E-state index is 13.0. The van der Waals surface area contributed by atoms with Crippen LogP contribution in [0.5, 0.6) is 0 Å². The van der Waals surface area contributed by atoms with E-state index in [2.05, 4.69) is 27.9 Å². The Hall–Kier alpha value is -1.60. The van der Waals surface area contributed by atoms with E-state index in [1.807, 2.05) is 39.8 Å². The van der Waals surface area contributed by atoms with Gasteiger partial charge in [-0.15, -0.1) is 0 Å². The number of ether oxygens (including phenoxy) is 1. The van der Waals surface area contributed by atoms with Crippen LogP contribution in [0, 0.1) is 10.5 Å². The smallest absolute Gasteiger partial charge is 0.408 e. The Kier molecular flexibility index (Phi) is 6.69. The van der Waals surface area contributed by atoms with Gasteiger partial charge < -0.3 is 10.1 Å². The highest BCUT2D eigenvalue weighted by Gasteiger charge is 2.28. The van der Waals surface area contributed by atoms with Crippen molar-refractivity contribution in [3.63, 3.8) is 0 Å². The fourth-order valence-electron chi connectivity index (χ4n) is 2.31. The number of ketones is 1. The highest BCUT2D eigenvalue weighted by Crippen LogP contribution is 2.27. The summed E-state index contributed by atoms with van der Waals surface area (Å²) in [5, 5.41) is 3.31. The lowest BCUT2D eigenvalue weighted by atomic mass is 9.98. The average molecular weight is 486 g/mol. The van der Waals surface area contributed by atoms with Crippen LogP contribution in [0.25, 0.3) is 0 Å². The minimum Gasteiger partial charge on any atom is -0.433 e. The predicted molar refractivity (Wildman–Crippen MR) is 112 cm³/mol. The largest absolute Gasteiger partial charge is 0.433 e. The number of Topliss-reactive ketones (excluding diaryl/α,β-unsaturated/α-hetero) is 1. The molecular formula is C20H21ClINO3. The van der Waals surface area contributed by atoms with Crippen molar-refractivity contribution in [2.45, 2.75) is 39.3 Å². The Bertz CT molecular complexity index is 813. The number of alkyl carbamates (subject to hydrolysis) is 1. The molecule has 0 aliphatic heterocycles. The van der Waals surface area contributed by atoms with E-state index in [0.717, 1.165) is 9.13 Å². The number of benzene rings is 2. The summed E-state index contributed by atoms with van der Waals surface area (Å²) in [5.74, 6) is -0.285. The molecule has 1 amide bonds. The summed E-state index contributed by atoms with van der Waals surface area (Å²) >= 11 is 8.26. The molecule has 2 aromatic carbocycles. The molecule has 0 fully saturated rings. The Balaban J connectivity index is 2.37. The van der Waals surface area contributed by atoms with Crippen LogP contribution in [0.3, 0.4) is 0 Å². The van der Waals surface area contributed by atoms with Crippen LogP contribution in [0.4, 0.5) is 4.79 Å². The minimum absolute atomic E-state index is 0.285. The first-order valence-corrected chi connectivity index (χ1v) is 9.57. The van der Waals surface area contributed by atoms with E-state index in [-0.39, 0.29) is 5.78 Å². The van der Waals surface area contributed by atoms with Crippen LogP contribution in [0.15, 0.2) is 42.5 Å². The highest BCUT2D eigenvalue weighted by atomic mass is 127. The number of aryl methyl sites for hydroxylation is 1. The summed E-state index contributed by atoms with van der Waals surface area (Å²) in [4.78, 5) is 25.3. The molecule has 4 nitrogen and oxygen atoms in total. The van der Waals surface area contributed by atoms with E-state index < -0.39 is 17.7 Å². The maximum Gasteiger partial charge on any atom is 0.408 e. The molecule has 0 saturated carbocycles. The number of halogens is 2.